The zero-order chi connectivity index (χ0) is 15.1. The van der Waals surface area contributed by atoms with E-state index in [2.05, 4.69) is 18.8 Å². The van der Waals surface area contributed by atoms with E-state index in [1.165, 1.54) is 11.1 Å². The Kier molecular flexibility index (Phi) is 3.09. The molecule has 0 saturated heterocycles. The lowest BCUT2D eigenvalue weighted by molar-refractivity contribution is 0.0924. The molecular weight excluding hydrogens is 264 g/mol. The van der Waals surface area contributed by atoms with E-state index in [0.717, 1.165) is 11.1 Å². The molecule has 0 atom stereocenters. The molecule has 1 aromatic heterocycles. The van der Waals surface area contributed by atoms with Crippen LogP contribution in [-0.4, -0.2) is 16.8 Å². The van der Waals surface area contributed by atoms with Gasteiger partial charge in [-0.1, -0.05) is 32.0 Å². The number of nitrogens with zero attached hydrogens (tertiary/aromatic N) is 2. The molecular formula is C17H16N2O2. The Morgan fingerprint density at radius 1 is 1.05 bits per heavy atom. The van der Waals surface area contributed by atoms with Crippen LogP contribution in [0, 0.1) is 6.92 Å². The third kappa shape index (κ3) is 1.95. The van der Waals surface area contributed by atoms with Gasteiger partial charge in [-0.15, -0.1) is 0 Å². The summed E-state index contributed by atoms with van der Waals surface area (Å²) < 4.78 is 0. The Hall–Kier alpha value is -2.49. The average Bonchev–Trinajstić information content (AvgIpc) is 2.72. The molecule has 1 aromatic carbocycles. The Morgan fingerprint density at radius 2 is 1.81 bits per heavy atom. The normalized spacial score (nSPS) is 14.0. The molecule has 4 heteroatoms. The molecule has 1 aliphatic rings. The third-order valence-electron chi connectivity index (χ3n) is 3.76. The number of para-hydroxylation sites is 1. The summed E-state index contributed by atoms with van der Waals surface area (Å²) in [6.07, 6.45) is 1.54. The number of aryl methyl sites for hydroxylation is 1. The van der Waals surface area contributed by atoms with E-state index in [1.54, 1.807) is 12.1 Å². The first-order valence-electron chi connectivity index (χ1n) is 6.95. The molecule has 1 aliphatic heterocycles. The van der Waals surface area contributed by atoms with Gasteiger partial charge in [-0.2, -0.15) is 0 Å². The third-order valence-corrected chi connectivity index (χ3v) is 3.76. The van der Waals surface area contributed by atoms with Crippen molar-refractivity contribution in [3.8, 4) is 0 Å². The van der Waals surface area contributed by atoms with Gasteiger partial charge in [0.25, 0.3) is 11.8 Å². The Labute approximate surface area is 123 Å². The molecule has 0 bridgehead atoms. The van der Waals surface area contributed by atoms with E-state index in [1.807, 2.05) is 25.1 Å². The Morgan fingerprint density at radius 3 is 2.48 bits per heavy atom. The van der Waals surface area contributed by atoms with Crippen LogP contribution in [0.1, 0.15) is 51.7 Å². The molecule has 0 N–H and O–H groups in total. The van der Waals surface area contributed by atoms with Crippen molar-refractivity contribution in [3.63, 3.8) is 0 Å². The number of carbonyl (C=O) groups excluding carboxylic acids is 2. The van der Waals surface area contributed by atoms with Crippen LogP contribution < -0.4 is 4.90 Å². The summed E-state index contributed by atoms with van der Waals surface area (Å²) in [5, 5.41) is 0. The Balaban J connectivity index is 2.20. The predicted octanol–water partition coefficient (Wildman–Crippen LogP) is 3.31. The van der Waals surface area contributed by atoms with Gasteiger partial charge >= 0.3 is 0 Å². The van der Waals surface area contributed by atoms with Gasteiger partial charge in [0.1, 0.15) is 5.69 Å². The molecule has 2 amide bonds. The molecule has 0 radical (unpaired) electrons. The van der Waals surface area contributed by atoms with E-state index >= 15 is 0 Å². The van der Waals surface area contributed by atoms with E-state index in [-0.39, 0.29) is 23.4 Å². The molecule has 21 heavy (non-hydrogen) atoms. The average molecular weight is 280 g/mol. The van der Waals surface area contributed by atoms with Crippen LogP contribution in [0.15, 0.2) is 36.5 Å². The number of rotatable bonds is 2. The number of anilines is 1. The lowest BCUT2D eigenvalue weighted by Gasteiger charge is -2.22. The highest BCUT2D eigenvalue weighted by Crippen LogP contribution is 2.35. The van der Waals surface area contributed by atoms with Crippen LogP contribution >= 0.6 is 0 Å². The van der Waals surface area contributed by atoms with Crippen LogP contribution in [0.25, 0.3) is 0 Å². The second-order valence-corrected chi connectivity index (χ2v) is 5.51. The SMILES string of the molecule is Cc1cccc(C(C)C)c1N1C(=O)c2cccnc2C1=O. The zero-order valence-electron chi connectivity index (χ0n) is 12.3. The molecule has 106 valence electrons. The molecule has 3 rings (SSSR count). The lowest BCUT2D eigenvalue weighted by atomic mass is 9.97. The van der Waals surface area contributed by atoms with E-state index in [0.29, 0.717) is 11.3 Å². The van der Waals surface area contributed by atoms with Crippen LogP contribution in [0.4, 0.5) is 5.69 Å². The van der Waals surface area contributed by atoms with Gasteiger partial charge in [0.15, 0.2) is 0 Å². The maximum atomic E-state index is 12.6. The summed E-state index contributed by atoms with van der Waals surface area (Å²) in [6.45, 7) is 6.02. The summed E-state index contributed by atoms with van der Waals surface area (Å²) in [7, 11) is 0. The van der Waals surface area contributed by atoms with Crippen molar-refractivity contribution in [2.75, 3.05) is 4.90 Å². The highest BCUT2D eigenvalue weighted by molar-refractivity contribution is 6.34. The minimum atomic E-state index is -0.341. The second kappa shape index (κ2) is 4.81. The minimum absolute atomic E-state index is 0.220. The van der Waals surface area contributed by atoms with Crippen LogP contribution in [-0.2, 0) is 0 Å². The van der Waals surface area contributed by atoms with Crippen molar-refractivity contribution in [3.05, 3.63) is 58.9 Å². The minimum Gasteiger partial charge on any atom is -0.268 e. The molecule has 0 aliphatic carbocycles. The van der Waals surface area contributed by atoms with Crippen molar-refractivity contribution in [1.82, 2.24) is 4.98 Å². The van der Waals surface area contributed by atoms with E-state index in [4.69, 9.17) is 0 Å². The quantitative estimate of drug-likeness (QED) is 0.793. The van der Waals surface area contributed by atoms with Gasteiger partial charge in [0.05, 0.1) is 11.3 Å². The van der Waals surface area contributed by atoms with Crippen molar-refractivity contribution < 1.29 is 9.59 Å². The smallest absolute Gasteiger partial charge is 0.268 e. The number of imide groups is 1. The zero-order valence-corrected chi connectivity index (χ0v) is 12.3. The number of pyridine rings is 1. The number of benzene rings is 1. The number of hydrogen-bond acceptors (Lipinski definition) is 3. The molecule has 0 fully saturated rings. The summed E-state index contributed by atoms with van der Waals surface area (Å²) in [6, 6.07) is 9.15. The maximum absolute atomic E-state index is 12.6. The first-order valence-corrected chi connectivity index (χ1v) is 6.95. The molecule has 4 nitrogen and oxygen atoms in total. The van der Waals surface area contributed by atoms with Crippen LogP contribution in [0.2, 0.25) is 0 Å². The number of fused-ring (bicyclic) bond motifs is 1. The molecule has 0 saturated carbocycles. The molecule has 0 unspecified atom stereocenters. The van der Waals surface area contributed by atoms with Crippen molar-refractivity contribution in [2.24, 2.45) is 0 Å². The largest absolute Gasteiger partial charge is 0.284 e. The number of amides is 2. The van der Waals surface area contributed by atoms with Gasteiger partial charge in [-0.05, 0) is 36.1 Å². The monoisotopic (exact) mass is 280 g/mol. The summed E-state index contributed by atoms with van der Waals surface area (Å²) in [4.78, 5) is 30.5. The van der Waals surface area contributed by atoms with Crippen LogP contribution in [0.3, 0.4) is 0 Å². The predicted molar refractivity (Wildman–Crippen MR) is 80.6 cm³/mol. The summed E-state index contributed by atoms with van der Waals surface area (Å²) in [5.74, 6) is -0.414. The Bertz CT molecular complexity index is 715. The van der Waals surface area contributed by atoms with Crippen molar-refractivity contribution >= 4 is 17.5 Å². The molecule has 2 heterocycles. The van der Waals surface area contributed by atoms with Crippen LogP contribution in [0.5, 0.6) is 0 Å². The van der Waals surface area contributed by atoms with Crippen molar-refractivity contribution in [2.45, 2.75) is 26.7 Å². The topological polar surface area (TPSA) is 50.3 Å². The number of aromatic nitrogens is 1. The second-order valence-electron chi connectivity index (χ2n) is 5.51. The summed E-state index contributed by atoms with van der Waals surface area (Å²) >= 11 is 0. The fourth-order valence-electron chi connectivity index (χ4n) is 2.72. The van der Waals surface area contributed by atoms with Gasteiger partial charge in [-0.25, -0.2) is 4.90 Å². The molecule has 2 aromatic rings. The number of carbonyl (C=O) groups is 2. The van der Waals surface area contributed by atoms with Gasteiger partial charge < -0.3 is 0 Å². The van der Waals surface area contributed by atoms with Gasteiger partial charge in [0, 0.05) is 6.20 Å². The van der Waals surface area contributed by atoms with E-state index < -0.39 is 0 Å². The highest BCUT2D eigenvalue weighted by atomic mass is 16.2. The number of hydrogen-bond donors (Lipinski definition) is 0. The first kappa shape index (κ1) is 13.5. The maximum Gasteiger partial charge on any atom is 0.284 e. The molecule has 0 spiro atoms. The van der Waals surface area contributed by atoms with Gasteiger partial charge in [-0.3, -0.25) is 14.6 Å². The van der Waals surface area contributed by atoms with Gasteiger partial charge in [0.2, 0.25) is 0 Å². The summed E-state index contributed by atoms with van der Waals surface area (Å²) in [5.41, 5.74) is 3.21. The van der Waals surface area contributed by atoms with Crippen molar-refractivity contribution in [1.29, 1.82) is 0 Å². The fraction of sp³-hybridized carbons (Fsp3) is 0.235. The fourth-order valence-corrected chi connectivity index (χ4v) is 2.72. The first-order chi connectivity index (χ1) is 10.0. The highest BCUT2D eigenvalue weighted by Gasteiger charge is 2.39. The standard InChI is InChI=1S/C17H16N2O2/c1-10(2)12-7-4-6-11(3)15(12)19-16(20)13-8-5-9-18-14(13)17(19)21/h4-10H,1-3H3. The van der Waals surface area contributed by atoms with E-state index in [9.17, 15) is 9.59 Å². The lowest BCUT2D eigenvalue weighted by Crippen LogP contribution is -2.31.